The maximum absolute atomic E-state index is 12.0. The summed E-state index contributed by atoms with van der Waals surface area (Å²) in [5.41, 5.74) is 2.68. The van der Waals surface area contributed by atoms with Crippen molar-refractivity contribution >= 4 is 11.0 Å². The molecule has 1 aromatic heterocycles. The molecule has 0 aliphatic carbocycles. The molecule has 0 saturated heterocycles. The lowest BCUT2D eigenvalue weighted by atomic mass is 10.1. The first-order chi connectivity index (χ1) is 8.75. The molecule has 0 spiro atoms. The van der Waals surface area contributed by atoms with E-state index in [4.69, 9.17) is 4.42 Å². The van der Waals surface area contributed by atoms with Gasteiger partial charge in [-0.3, -0.25) is 4.79 Å². The van der Waals surface area contributed by atoms with Gasteiger partial charge in [-0.1, -0.05) is 36.4 Å². The number of benzene rings is 2. The Morgan fingerprint density at radius 3 is 2.50 bits per heavy atom. The smallest absolute Gasteiger partial charge is 0.193 e. The molecule has 3 aromatic rings. The van der Waals surface area contributed by atoms with Crippen LogP contribution in [0.4, 0.5) is 0 Å². The highest BCUT2D eigenvalue weighted by Crippen LogP contribution is 2.24. The molecule has 2 heteroatoms. The highest BCUT2D eigenvalue weighted by molar-refractivity contribution is 5.78. The molecule has 0 unspecified atom stereocenters. The van der Waals surface area contributed by atoms with Crippen LogP contribution < -0.4 is 5.43 Å². The van der Waals surface area contributed by atoms with E-state index in [2.05, 4.69) is 0 Å². The minimum Gasteiger partial charge on any atom is -0.456 e. The monoisotopic (exact) mass is 236 g/mol. The number of aryl methyl sites for hydroxylation is 1. The van der Waals surface area contributed by atoms with Gasteiger partial charge in [0.15, 0.2) is 5.43 Å². The van der Waals surface area contributed by atoms with E-state index in [0.29, 0.717) is 16.7 Å². The minimum atomic E-state index is -0.00453. The first kappa shape index (κ1) is 10.8. The van der Waals surface area contributed by atoms with Crippen LogP contribution in [-0.2, 0) is 0 Å². The molecule has 18 heavy (non-hydrogen) atoms. The van der Waals surface area contributed by atoms with Gasteiger partial charge < -0.3 is 4.42 Å². The zero-order valence-electron chi connectivity index (χ0n) is 10.0. The molecule has 0 radical (unpaired) electrons. The van der Waals surface area contributed by atoms with Crippen LogP contribution in [0.1, 0.15) is 5.56 Å². The maximum Gasteiger partial charge on any atom is 0.193 e. The molecule has 0 amide bonds. The van der Waals surface area contributed by atoms with Gasteiger partial charge >= 0.3 is 0 Å². The first-order valence-electron chi connectivity index (χ1n) is 5.84. The number of fused-ring (bicyclic) bond motifs is 1. The summed E-state index contributed by atoms with van der Waals surface area (Å²) in [5.74, 6) is 0.622. The molecule has 1 heterocycles. The van der Waals surface area contributed by atoms with E-state index in [1.165, 1.54) is 0 Å². The molecule has 0 aliphatic heterocycles. The maximum atomic E-state index is 12.0. The summed E-state index contributed by atoms with van der Waals surface area (Å²) < 4.78 is 5.81. The lowest BCUT2D eigenvalue weighted by molar-refractivity contribution is 0.618. The summed E-state index contributed by atoms with van der Waals surface area (Å²) in [5, 5.41) is 0.620. The van der Waals surface area contributed by atoms with Gasteiger partial charge in [-0.2, -0.15) is 0 Å². The van der Waals surface area contributed by atoms with Crippen molar-refractivity contribution in [3.8, 4) is 11.3 Å². The van der Waals surface area contributed by atoms with E-state index in [9.17, 15) is 4.79 Å². The Morgan fingerprint density at radius 2 is 1.67 bits per heavy atom. The van der Waals surface area contributed by atoms with E-state index in [0.717, 1.165) is 11.1 Å². The van der Waals surface area contributed by atoms with Gasteiger partial charge in [0.05, 0.1) is 5.39 Å². The second-order valence-electron chi connectivity index (χ2n) is 4.29. The van der Waals surface area contributed by atoms with Crippen molar-refractivity contribution < 1.29 is 4.42 Å². The lowest BCUT2D eigenvalue weighted by Gasteiger charge is -2.05. The lowest BCUT2D eigenvalue weighted by Crippen LogP contribution is -2.00. The van der Waals surface area contributed by atoms with Crippen molar-refractivity contribution in [1.29, 1.82) is 0 Å². The van der Waals surface area contributed by atoms with Crippen LogP contribution in [0.2, 0.25) is 0 Å². The predicted molar refractivity (Wildman–Crippen MR) is 72.7 cm³/mol. The Kier molecular flexibility index (Phi) is 2.49. The first-order valence-corrected chi connectivity index (χ1v) is 5.84. The number of rotatable bonds is 1. The Labute approximate surface area is 105 Å². The molecule has 0 aliphatic rings. The summed E-state index contributed by atoms with van der Waals surface area (Å²) >= 11 is 0. The summed E-state index contributed by atoms with van der Waals surface area (Å²) in [6.45, 7) is 2.00. The van der Waals surface area contributed by atoms with E-state index in [-0.39, 0.29) is 5.43 Å². The summed E-state index contributed by atoms with van der Waals surface area (Å²) in [7, 11) is 0. The number of hydrogen-bond donors (Lipinski definition) is 0. The van der Waals surface area contributed by atoms with E-state index in [1.807, 2.05) is 49.4 Å². The SMILES string of the molecule is Cc1ccccc1-c1cc(=O)c2ccccc2o1. The second-order valence-corrected chi connectivity index (χ2v) is 4.29. The Morgan fingerprint density at radius 1 is 0.944 bits per heavy atom. The Hall–Kier alpha value is -2.35. The largest absolute Gasteiger partial charge is 0.456 e. The van der Waals surface area contributed by atoms with Gasteiger partial charge in [0.2, 0.25) is 0 Å². The average molecular weight is 236 g/mol. The van der Waals surface area contributed by atoms with Crippen molar-refractivity contribution in [1.82, 2.24) is 0 Å². The van der Waals surface area contributed by atoms with Gasteiger partial charge in [-0.05, 0) is 24.6 Å². The third-order valence-corrected chi connectivity index (χ3v) is 3.05. The van der Waals surface area contributed by atoms with Gasteiger partial charge in [0.1, 0.15) is 11.3 Å². The fourth-order valence-corrected chi connectivity index (χ4v) is 2.09. The zero-order valence-corrected chi connectivity index (χ0v) is 10.0. The van der Waals surface area contributed by atoms with Crippen molar-refractivity contribution in [2.45, 2.75) is 6.92 Å². The number of para-hydroxylation sites is 1. The third-order valence-electron chi connectivity index (χ3n) is 3.05. The van der Waals surface area contributed by atoms with Crippen LogP contribution in [0.3, 0.4) is 0 Å². The number of hydrogen-bond acceptors (Lipinski definition) is 2. The van der Waals surface area contributed by atoms with E-state index in [1.54, 1.807) is 12.1 Å². The van der Waals surface area contributed by atoms with Gasteiger partial charge in [-0.15, -0.1) is 0 Å². The molecule has 2 aromatic carbocycles. The zero-order chi connectivity index (χ0) is 12.5. The van der Waals surface area contributed by atoms with Crippen molar-refractivity contribution in [3.63, 3.8) is 0 Å². The quantitative estimate of drug-likeness (QED) is 0.643. The molecule has 0 fully saturated rings. The summed E-state index contributed by atoms with van der Waals surface area (Å²) in [6, 6.07) is 16.7. The Balaban J connectivity index is 2.32. The topological polar surface area (TPSA) is 30.2 Å². The van der Waals surface area contributed by atoms with E-state index < -0.39 is 0 Å². The second kappa shape index (κ2) is 4.15. The van der Waals surface area contributed by atoms with Crippen molar-refractivity contribution in [3.05, 3.63) is 70.4 Å². The average Bonchev–Trinajstić information content (AvgIpc) is 2.39. The van der Waals surface area contributed by atoms with E-state index >= 15 is 0 Å². The van der Waals surface area contributed by atoms with Crippen LogP contribution in [0.5, 0.6) is 0 Å². The molecular weight excluding hydrogens is 224 g/mol. The summed E-state index contributed by atoms with van der Waals surface area (Å²) in [6.07, 6.45) is 0. The molecule has 3 rings (SSSR count). The highest BCUT2D eigenvalue weighted by atomic mass is 16.3. The molecule has 88 valence electrons. The van der Waals surface area contributed by atoms with Crippen LogP contribution in [0.15, 0.2) is 63.8 Å². The normalized spacial score (nSPS) is 10.7. The van der Waals surface area contributed by atoms with Gasteiger partial charge in [-0.25, -0.2) is 0 Å². The molecular formula is C16H12O2. The van der Waals surface area contributed by atoms with Crippen LogP contribution >= 0.6 is 0 Å². The van der Waals surface area contributed by atoms with Crippen LogP contribution in [0, 0.1) is 6.92 Å². The molecule has 2 nitrogen and oxygen atoms in total. The van der Waals surface area contributed by atoms with Gasteiger partial charge in [0.25, 0.3) is 0 Å². The van der Waals surface area contributed by atoms with Crippen LogP contribution in [0.25, 0.3) is 22.3 Å². The fourth-order valence-electron chi connectivity index (χ4n) is 2.09. The molecule has 0 atom stereocenters. The molecule has 0 N–H and O–H groups in total. The predicted octanol–water partition coefficient (Wildman–Crippen LogP) is 3.77. The van der Waals surface area contributed by atoms with Gasteiger partial charge in [0, 0.05) is 11.6 Å². The minimum absolute atomic E-state index is 0.00453. The molecule has 0 bridgehead atoms. The standard InChI is InChI=1S/C16H12O2/c1-11-6-2-3-7-12(11)16-10-14(17)13-8-4-5-9-15(13)18-16/h2-10H,1H3. The Bertz CT molecular complexity index is 769. The molecule has 0 saturated carbocycles. The van der Waals surface area contributed by atoms with Crippen molar-refractivity contribution in [2.24, 2.45) is 0 Å². The van der Waals surface area contributed by atoms with Crippen LogP contribution in [-0.4, -0.2) is 0 Å². The van der Waals surface area contributed by atoms with Crippen molar-refractivity contribution in [2.75, 3.05) is 0 Å². The fraction of sp³-hybridized carbons (Fsp3) is 0.0625. The summed E-state index contributed by atoms with van der Waals surface area (Å²) in [4.78, 5) is 12.0. The third kappa shape index (κ3) is 1.72. The highest BCUT2D eigenvalue weighted by Gasteiger charge is 2.07.